The van der Waals surface area contributed by atoms with Crippen LogP contribution in [0.2, 0.25) is 5.02 Å². The minimum absolute atomic E-state index is 0.0973. The summed E-state index contributed by atoms with van der Waals surface area (Å²) in [5.41, 5.74) is 0.973. The van der Waals surface area contributed by atoms with Crippen LogP contribution in [-0.2, 0) is 20.7 Å². The van der Waals surface area contributed by atoms with E-state index in [9.17, 15) is 8.42 Å². The summed E-state index contributed by atoms with van der Waals surface area (Å²) in [5.74, 6) is 0. The van der Waals surface area contributed by atoms with E-state index in [-0.39, 0.29) is 11.5 Å². The van der Waals surface area contributed by atoms with Crippen LogP contribution in [0.5, 0.6) is 0 Å². The van der Waals surface area contributed by atoms with Gasteiger partial charge in [0.15, 0.2) is 0 Å². The lowest BCUT2D eigenvalue weighted by Gasteiger charge is -2.06. The van der Waals surface area contributed by atoms with E-state index >= 15 is 0 Å². The summed E-state index contributed by atoms with van der Waals surface area (Å²) in [4.78, 5) is 0.150. The van der Waals surface area contributed by atoms with Crippen molar-refractivity contribution in [3.05, 3.63) is 63.6 Å². The van der Waals surface area contributed by atoms with Gasteiger partial charge in [-0.15, -0.1) is 0 Å². The molecule has 3 nitrogen and oxygen atoms in total. The van der Waals surface area contributed by atoms with E-state index < -0.39 is 10.1 Å². The zero-order valence-electron chi connectivity index (χ0n) is 10.4. The Labute approximate surface area is 131 Å². The third-order valence-electron chi connectivity index (χ3n) is 2.64. The molecular formula is C14H12BrClO3S. The van der Waals surface area contributed by atoms with Gasteiger partial charge in [0.05, 0.1) is 11.5 Å². The van der Waals surface area contributed by atoms with Gasteiger partial charge < -0.3 is 0 Å². The number of hydrogen-bond donors (Lipinski definition) is 0. The minimum atomic E-state index is -3.70. The Kier molecular flexibility index (Phi) is 5.21. The third-order valence-corrected chi connectivity index (χ3v) is 4.75. The lowest BCUT2D eigenvalue weighted by atomic mass is 10.2. The average Bonchev–Trinajstić information content (AvgIpc) is 2.41. The summed E-state index contributed by atoms with van der Waals surface area (Å²) in [5, 5.41) is 0.650. The molecule has 0 bridgehead atoms. The molecule has 0 aliphatic rings. The monoisotopic (exact) mass is 374 g/mol. The van der Waals surface area contributed by atoms with Crippen molar-refractivity contribution >= 4 is 37.6 Å². The van der Waals surface area contributed by atoms with Crippen molar-refractivity contribution in [2.45, 2.75) is 11.3 Å². The highest BCUT2D eigenvalue weighted by molar-refractivity contribution is 9.10. The van der Waals surface area contributed by atoms with Crippen LogP contribution in [0.25, 0.3) is 0 Å². The molecule has 106 valence electrons. The molecule has 0 saturated heterocycles. The second-order valence-electron chi connectivity index (χ2n) is 4.11. The van der Waals surface area contributed by atoms with Gasteiger partial charge in [-0.25, -0.2) is 0 Å². The summed E-state index contributed by atoms with van der Waals surface area (Å²) in [6.07, 6.45) is 0.507. The molecule has 2 aromatic carbocycles. The summed E-state index contributed by atoms with van der Waals surface area (Å²) in [7, 11) is -3.70. The van der Waals surface area contributed by atoms with E-state index in [0.717, 1.165) is 10.0 Å². The molecule has 0 radical (unpaired) electrons. The molecule has 0 heterocycles. The smallest absolute Gasteiger partial charge is 0.266 e. The Morgan fingerprint density at radius 2 is 1.60 bits per heavy atom. The molecule has 20 heavy (non-hydrogen) atoms. The molecule has 0 atom stereocenters. The minimum Gasteiger partial charge on any atom is -0.266 e. The molecule has 0 amide bonds. The first-order valence-corrected chi connectivity index (χ1v) is 8.45. The van der Waals surface area contributed by atoms with Crippen LogP contribution in [0.4, 0.5) is 0 Å². The van der Waals surface area contributed by atoms with Gasteiger partial charge in [-0.1, -0.05) is 39.7 Å². The Hall–Kier alpha value is -0.880. The molecule has 2 rings (SSSR count). The highest BCUT2D eigenvalue weighted by atomic mass is 79.9. The Bertz CT molecular complexity index is 667. The third kappa shape index (κ3) is 4.31. The maximum Gasteiger partial charge on any atom is 0.296 e. The lowest BCUT2D eigenvalue weighted by molar-refractivity contribution is 0.322. The lowest BCUT2D eigenvalue weighted by Crippen LogP contribution is -2.09. The van der Waals surface area contributed by atoms with Crippen LogP contribution in [0.15, 0.2) is 57.9 Å². The van der Waals surface area contributed by atoms with Crippen molar-refractivity contribution in [2.75, 3.05) is 6.61 Å². The molecule has 0 aliphatic carbocycles. The summed E-state index contributed by atoms with van der Waals surface area (Å²) < 4.78 is 29.7. The van der Waals surface area contributed by atoms with Gasteiger partial charge in [-0.3, -0.25) is 4.18 Å². The Morgan fingerprint density at radius 3 is 2.20 bits per heavy atom. The standard InChI is InChI=1S/C14H12BrClO3S/c15-12-3-7-14(8-4-12)20(17,18)19-10-9-11-1-5-13(16)6-2-11/h1-8H,9-10H2. The van der Waals surface area contributed by atoms with E-state index in [4.69, 9.17) is 15.8 Å². The van der Waals surface area contributed by atoms with E-state index in [1.54, 1.807) is 24.3 Å². The number of benzene rings is 2. The molecule has 0 aromatic heterocycles. The van der Waals surface area contributed by atoms with Crippen LogP contribution < -0.4 is 0 Å². The molecule has 0 N–H and O–H groups in total. The van der Waals surface area contributed by atoms with E-state index in [0.29, 0.717) is 11.4 Å². The van der Waals surface area contributed by atoms with E-state index in [1.807, 2.05) is 12.1 Å². The molecule has 2 aromatic rings. The number of hydrogen-bond acceptors (Lipinski definition) is 3. The first kappa shape index (κ1) is 15.5. The topological polar surface area (TPSA) is 43.4 Å². The second kappa shape index (κ2) is 6.72. The van der Waals surface area contributed by atoms with Crippen molar-refractivity contribution in [1.29, 1.82) is 0 Å². The molecule has 0 spiro atoms. The highest BCUT2D eigenvalue weighted by Gasteiger charge is 2.14. The maximum absolute atomic E-state index is 11.9. The van der Waals surface area contributed by atoms with Gasteiger partial charge in [-0.2, -0.15) is 8.42 Å². The molecular weight excluding hydrogens is 364 g/mol. The van der Waals surface area contributed by atoms with Gasteiger partial charge >= 0.3 is 0 Å². The SMILES string of the molecule is O=S(=O)(OCCc1ccc(Cl)cc1)c1ccc(Br)cc1. The van der Waals surface area contributed by atoms with E-state index in [2.05, 4.69) is 15.9 Å². The first-order chi connectivity index (χ1) is 9.47. The van der Waals surface area contributed by atoms with Crippen LogP contribution in [0.3, 0.4) is 0 Å². The van der Waals surface area contributed by atoms with Crippen LogP contribution >= 0.6 is 27.5 Å². The maximum atomic E-state index is 11.9. The van der Waals surface area contributed by atoms with Gasteiger partial charge in [0.1, 0.15) is 0 Å². The van der Waals surface area contributed by atoms with Crippen molar-refractivity contribution in [3.63, 3.8) is 0 Å². The summed E-state index contributed by atoms with van der Waals surface area (Å²) in [6, 6.07) is 13.5. The van der Waals surface area contributed by atoms with Gasteiger partial charge in [0.25, 0.3) is 10.1 Å². The fraction of sp³-hybridized carbons (Fsp3) is 0.143. The quantitative estimate of drug-likeness (QED) is 0.741. The molecule has 0 unspecified atom stereocenters. The van der Waals surface area contributed by atoms with Crippen LogP contribution in [0, 0.1) is 0 Å². The van der Waals surface area contributed by atoms with Gasteiger partial charge in [0, 0.05) is 9.50 Å². The average molecular weight is 376 g/mol. The van der Waals surface area contributed by atoms with Crippen molar-refractivity contribution in [2.24, 2.45) is 0 Å². The molecule has 6 heteroatoms. The normalized spacial score (nSPS) is 11.5. The fourth-order valence-electron chi connectivity index (χ4n) is 1.59. The summed E-state index contributed by atoms with van der Waals surface area (Å²) >= 11 is 9.03. The second-order valence-corrected chi connectivity index (χ2v) is 7.07. The fourth-order valence-corrected chi connectivity index (χ4v) is 2.89. The first-order valence-electron chi connectivity index (χ1n) is 5.87. The predicted octanol–water partition coefficient (Wildman–Crippen LogP) is 4.05. The summed E-state index contributed by atoms with van der Waals surface area (Å²) in [6.45, 7) is 0.0973. The highest BCUT2D eigenvalue weighted by Crippen LogP contribution is 2.17. The largest absolute Gasteiger partial charge is 0.296 e. The molecule has 0 aliphatic heterocycles. The van der Waals surface area contributed by atoms with Gasteiger partial charge in [-0.05, 0) is 48.4 Å². The van der Waals surface area contributed by atoms with Crippen LogP contribution in [-0.4, -0.2) is 15.0 Å². The zero-order valence-corrected chi connectivity index (χ0v) is 13.6. The Balaban J connectivity index is 1.96. The van der Waals surface area contributed by atoms with Crippen molar-refractivity contribution in [1.82, 2.24) is 0 Å². The van der Waals surface area contributed by atoms with E-state index in [1.165, 1.54) is 12.1 Å². The van der Waals surface area contributed by atoms with Crippen LogP contribution in [0.1, 0.15) is 5.56 Å². The number of rotatable bonds is 5. The zero-order chi connectivity index (χ0) is 14.6. The predicted molar refractivity (Wildman–Crippen MR) is 82.4 cm³/mol. The molecule has 0 saturated carbocycles. The van der Waals surface area contributed by atoms with Crippen molar-refractivity contribution in [3.8, 4) is 0 Å². The van der Waals surface area contributed by atoms with Crippen molar-refractivity contribution < 1.29 is 12.6 Å². The molecule has 0 fully saturated rings. The Morgan fingerprint density at radius 1 is 1.00 bits per heavy atom. The van der Waals surface area contributed by atoms with Gasteiger partial charge in [0.2, 0.25) is 0 Å². The number of halogens is 2.